The Kier molecular flexibility index (Phi) is 3.47. The number of imidazole rings is 1. The Morgan fingerprint density at radius 2 is 2.06 bits per heavy atom. The number of aromatic nitrogens is 2. The SMILES string of the molecule is CCCNc1nccn1-c1ccc(C)c(C)c1. The van der Waals surface area contributed by atoms with E-state index >= 15 is 0 Å². The lowest BCUT2D eigenvalue weighted by atomic mass is 10.1. The summed E-state index contributed by atoms with van der Waals surface area (Å²) in [5.41, 5.74) is 3.78. The molecule has 1 aromatic heterocycles. The number of benzene rings is 1. The van der Waals surface area contributed by atoms with Gasteiger partial charge in [-0.25, -0.2) is 4.98 Å². The third-order valence-electron chi connectivity index (χ3n) is 2.94. The van der Waals surface area contributed by atoms with E-state index in [0.29, 0.717) is 0 Å². The van der Waals surface area contributed by atoms with E-state index in [0.717, 1.165) is 24.6 Å². The monoisotopic (exact) mass is 229 g/mol. The van der Waals surface area contributed by atoms with Crippen LogP contribution in [-0.4, -0.2) is 16.1 Å². The van der Waals surface area contributed by atoms with Gasteiger partial charge in [-0.2, -0.15) is 0 Å². The van der Waals surface area contributed by atoms with Crippen LogP contribution in [0.1, 0.15) is 24.5 Å². The van der Waals surface area contributed by atoms with Gasteiger partial charge >= 0.3 is 0 Å². The van der Waals surface area contributed by atoms with Crippen LogP contribution < -0.4 is 5.32 Å². The molecule has 0 saturated heterocycles. The number of anilines is 1. The van der Waals surface area contributed by atoms with Crippen LogP contribution in [0.3, 0.4) is 0 Å². The van der Waals surface area contributed by atoms with Crippen LogP contribution in [0.5, 0.6) is 0 Å². The summed E-state index contributed by atoms with van der Waals surface area (Å²) < 4.78 is 2.09. The third kappa shape index (κ3) is 2.49. The highest BCUT2D eigenvalue weighted by Crippen LogP contribution is 2.17. The first-order valence-corrected chi connectivity index (χ1v) is 6.07. The average Bonchev–Trinajstić information content (AvgIpc) is 2.78. The molecule has 2 aromatic rings. The van der Waals surface area contributed by atoms with E-state index in [2.05, 4.69) is 53.8 Å². The zero-order valence-corrected chi connectivity index (χ0v) is 10.7. The molecule has 17 heavy (non-hydrogen) atoms. The highest BCUT2D eigenvalue weighted by molar-refractivity contribution is 5.45. The normalized spacial score (nSPS) is 10.5. The second-order valence-electron chi connectivity index (χ2n) is 4.32. The molecule has 0 atom stereocenters. The molecule has 3 heteroatoms. The van der Waals surface area contributed by atoms with Crippen molar-refractivity contribution in [2.45, 2.75) is 27.2 Å². The molecule has 2 rings (SSSR count). The quantitative estimate of drug-likeness (QED) is 0.871. The van der Waals surface area contributed by atoms with Crippen LogP contribution >= 0.6 is 0 Å². The Balaban J connectivity index is 2.32. The molecule has 0 spiro atoms. The van der Waals surface area contributed by atoms with Gasteiger partial charge in [-0.3, -0.25) is 4.57 Å². The van der Waals surface area contributed by atoms with E-state index in [1.165, 1.54) is 11.1 Å². The number of aryl methyl sites for hydroxylation is 2. The second-order valence-corrected chi connectivity index (χ2v) is 4.32. The molecule has 0 saturated carbocycles. The first kappa shape index (κ1) is 11.7. The summed E-state index contributed by atoms with van der Waals surface area (Å²) in [6.07, 6.45) is 4.91. The van der Waals surface area contributed by atoms with E-state index in [1.54, 1.807) is 0 Å². The molecule has 0 fully saturated rings. The number of hydrogen-bond donors (Lipinski definition) is 1. The van der Waals surface area contributed by atoms with Gasteiger partial charge in [-0.15, -0.1) is 0 Å². The Hall–Kier alpha value is -1.77. The van der Waals surface area contributed by atoms with Gasteiger partial charge in [0.05, 0.1) is 0 Å². The predicted molar refractivity (Wildman–Crippen MR) is 71.8 cm³/mol. The van der Waals surface area contributed by atoms with Crippen LogP contribution in [-0.2, 0) is 0 Å². The summed E-state index contributed by atoms with van der Waals surface area (Å²) in [6, 6.07) is 6.46. The number of nitrogens with zero attached hydrogens (tertiary/aromatic N) is 2. The van der Waals surface area contributed by atoms with Crippen molar-refractivity contribution in [1.29, 1.82) is 0 Å². The van der Waals surface area contributed by atoms with Crippen molar-refractivity contribution in [3.05, 3.63) is 41.7 Å². The van der Waals surface area contributed by atoms with Crippen molar-refractivity contribution in [1.82, 2.24) is 9.55 Å². The first-order valence-electron chi connectivity index (χ1n) is 6.07. The Bertz CT molecular complexity index is 500. The van der Waals surface area contributed by atoms with Gasteiger partial charge in [-0.1, -0.05) is 13.0 Å². The number of rotatable bonds is 4. The van der Waals surface area contributed by atoms with Crippen molar-refractivity contribution in [2.24, 2.45) is 0 Å². The number of hydrogen-bond acceptors (Lipinski definition) is 2. The maximum Gasteiger partial charge on any atom is 0.207 e. The van der Waals surface area contributed by atoms with Crippen LogP contribution in [0, 0.1) is 13.8 Å². The summed E-state index contributed by atoms with van der Waals surface area (Å²) in [6.45, 7) is 7.36. The van der Waals surface area contributed by atoms with Gasteiger partial charge in [0.1, 0.15) is 0 Å². The van der Waals surface area contributed by atoms with Gasteiger partial charge in [0.15, 0.2) is 0 Å². The molecule has 0 aliphatic heterocycles. The van der Waals surface area contributed by atoms with E-state index in [9.17, 15) is 0 Å². The topological polar surface area (TPSA) is 29.9 Å². The van der Waals surface area contributed by atoms with Crippen LogP contribution in [0.2, 0.25) is 0 Å². The van der Waals surface area contributed by atoms with Crippen molar-refractivity contribution in [3.8, 4) is 5.69 Å². The van der Waals surface area contributed by atoms with E-state index in [1.807, 2.05) is 12.4 Å². The summed E-state index contributed by atoms with van der Waals surface area (Å²) in [7, 11) is 0. The largest absolute Gasteiger partial charge is 0.355 e. The van der Waals surface area contributed by atoms with Crippen molar-refractivity contribution in [2.75, 3.05) is 11.9 Å². The highest BCUT2D eigenvalue weighted by atomic mass is 15.2. The van der Waals surface area contributed by atoms with Crippen molar-refractivity contribution in [3.63, 3.8) is 0 Å². The van der Waals surface area contributed by atoms with Crippen LogP contribution in [0.25, 0.3) is 5.69 Å². The smallest absolute Gasteiger partial charge is 0.207 e. The Morgan fingerprint density at radius 1 is 1.24 bits per heavy atom. The maximum atomic E-state index is 4.33. The summed E-state index contributed by atoms with van der Waals surface area (Å²) in [5.74, 6) is 0.912. The lowest BCUT2D eigenvalue weighted by Gasteiger charge is -2.10. The zero-order valence-electron chi connectivity index (χ0n) is 10.7. The fourth-order valence-electron chi connectivity index (χ4n) is 1.75. The minimum Gasteiger partial charge on any atom is -0.355 e. The molecule has 0 unspecified atom stereocenters. The van der Waals surface area contributed by atoms with Crippen molar-refractivity contribution >= 4 is 5.95 Å². The molecule has 1 N–H and O–H groups in total. The molecule has 1 aromatic carbocycles. The molecule has 3 nitrogen and oxygen atoms in total. The van der Waals surface area contributed by atoms with Crippen LogP contribution in [0.15, 0.2) is 30.6 Å². The van der Waals surface area contributed by atoms with Gasteiger partial charge in [-0.05, 0) is 43.5 Å². The van der Waals surface area contributed by atoms with E-state index < -0.39 is 0 Å². The van der Waals surface area contributed by atoms with Gasteiger partial charge < -0.3 is 5.32 Å². The van der Waals surface area contributed by atoms with Gasteiger partial charge in [0.25, 0.3) is 0 Å². The van der Waals surface area contributed by atoms with Crippen molar-refractivity contribution < 1.29 is 0 Å². The molecule has 0 aliphatic rings. The average molecular weight is 229 g/mol. The standard InChI is InChI=1S/C14H19N3/c1-4-7-15-14-16-8-9-17(14)13-6-5-11(2)12(3)10-13/h5-6,8-10H,4,7H2,1-3H3,(H,15,16). The van der Waals surface area contributed by atoms with Crippen LogP contribution in [0.4, 0.5) is 5.95 Å². The molecule has 0 aliphatic carbocycles. The fourth-order valence-corrected chi connectivity index (χ4v) is 1.75. The molecular weight excluding hydrogens is 210 g/mol. The minimum atomic E-state index is 0.912. The summed E-state index contributed by atoms with van der Waals surface area (Å²) in [4.78, 5) is 4.33. The van der Waals surface area contributed by atoms with Gasteiger partial charge in [0.2, 0.25) is 5.95 Å². The highest BCUT2D eigenvalue weighted by Gasteiger charge is 2.04. The first-order chi connectivity index (χ1) is 8.22. The van der Waals surface area contributed by atoms with E-state index in [-0.39, 0.29) is 0 Å². The van der Waals surface area contributed by atoms with E-state index in [4.69, 9.17) is 0 Å². The predicted octanol–water partition coefficient (Wildman–Crippen LogP) is 3.31. The lowest BCUT2D eigenvalue weighted by molar-refractivity contribution is 0.936. The zero-order chi connectivity index (χ0) is 12.3. The summed E-state index contributed by atoms with van der Waals surface area (Å²) >= 11 is 0. The fraction of sp³-hybridized carbons (Fsp3) is 0.357. The minimum absolute atomic E-state index is 0.912. The molecule has 90 valence electrons. The molecule has 0 bridgehead atoms. The van der Waals surface area contributed by atoms with Gasteiger partial charge in [0, 0.05) is 24.6 Å². The Morgan fingerprint density at radius 3 is 2.76 bits per heavy atom. The third-order valence-corrected chi connectivity index (χ3v) is 2.94. The molecule has 1 heterocycles. The molecule has 0 radical (unpaired) electrons. The number of nitrogens with one attached hydrogen (secondary N) is 1. The lowest BCUT2D eigenvalue weighted by Crippen LogP contribution is -2.06. The summed E-state index contributed by atoms with van der Waals surface area (Å²) in [5, 5.41) is 3.33. The molecule has 0 amide bonds. The maximum absolute atomic E-state index is 4.33. The molecular formula is C14H19N3. The second kappa shape index (κ2) is 5.04. The Labute approximate surface area is 103 Å².